The van der Waals surface area contributed by atoms with Crippen LogP contribution in [-0.4, -0.2) is 31.1 Å². The highest BCUT2D eigenvalue weighted by Crippen LogP contribution is 2.25. The molecule has 0 spiro atoms. The lowest BCUT2D eigenvalue weighted by Crippen LogP contribution is -2.52. The summed E-state index contributed by atoms with van der Waals surface area (Å²) in [4.78, 5) is 2.33. The summed E-state index contributed by atoms with van der Waals surface area (Å²) in [5.74, 6) is 0. The van der Waals surface area contributed by atoms with Crippen molar-refractivity contribution in [1.29, 1.82) is 0 Å². The molecule has 0 amide bonds. The van der Waals surface area contributed by atoms with Gasteiger partial charge in [0.15, 0.2) is 0 Å². The van der Waals surface area contributed by atoms with E-state index in [1.165, 1.54) is 16.8 Å². The summed E-state index contributed by atoms with van der Waals surface area (Å²) >= 11 is 0. The Kier molecular flexibility index (Phi) is 2.15. The molecule has 3 heteroatoms. The maximum absolute atomic E-state index is 3.63. The van der Waals surface area contributed by atoms with Crippen molar-refractivity contribution in [3.8, 4) is 0 Å². The van der Waals surface area contributed by atoms with E-state index in [-0.39, 0.29) is 0 Å². The van der Waals surface area contributed by atoms with E-state index in [1.807, 2.05) is 0 Å². The minimum atomic E-state index is 0.641. The Morgan fingerprint density at radius 1 is 1.33 bits per heavy atom. The van der Waals surface area contributed by atoms with E-state index in [0.29, 0.717) is 6.04 Å². The molecule has 80 valence electrons. The Hall–Kier alpha value is -1.06. The van der Waals surface area contributed by atoms with Gasteiger partial charge in [0.25, 0.3) is 0 Å². The molecule has 0 saturated carbocycles. The van der Waals surface area contributed by atoms with Crippen molar-refractivity contribution in [2.24, 2.45) is 0 Å². The molecule has 1 aromatic rings. The highest BCUT2D eigenvalue weighted by atomic mass is 15.2. The SMILES string of the molecule is CN1CC(Nc2cccc3c2CNC3)C1. The summed E-state index contributed by atoms with van der Waals surface area (Å²) in [6.45, 7) is 4.37. The summed E-state index contributed by atoms with van der Waals surface area (Å²) in [7, 11) is 2.16. The van der Waals surface area contributed by atoms with Gasteiger partial charge in [0.1, 0.15) is 0 Å². The first kappa shape index (κ1) is 9.19. The molecule has 0 atom stereocenters. The zero-order valence-electron chi connectivity index (χ0n) is 9.09. The van der Waals surface area contributed by atoms with Crippen molar-refractivity contribution in [3.05, 3.63) is 29.3 Å². The number of benzene rings is 1. The van der Waals surface area contributed by atoms with Gasteiger partial charge in [-0.3, -0.25) is 0 Å². The van der Waals surface area contributed by atoms with E-state index in [9.17, 15) is 0 Å². The summed E-state index contributed by atoms with van der Waals surface area (Å²) < 4.78 is 0. The standard InChI is InChI=1S/C12H17N3/c1-15-7-10(8-15)14-12-4-2-3-9-5-13-6-11(9)12/h2-4,10,13-14H,5-8H2,1H3. The molecule has 0 bridgehead atoms. The van der Waals surface area contributed by atoms with Crippen LogP contribution in [0, 0.1) is 0 Å². The van der Waals surface area contributed by atoms with Crippen LogP contribution >= 0.6 is 0 Å². The summed E-state index contributed by atoms with van der Waals surface area (Å²) in [6.07, 6.45) is 0. The number of hydrogen-bond donors (Lipinski definition) is 2. The largest absolute Gasteiger partial charge is 0.379 e. The van der Waals surface area contributed by atoms with Crippen molar-refractivity contribution in [1.82, 2.24) is 10.2 Å². The van der Waals surface area contributed by atoms with Gasteiger partial charge in [-0.05, 0) is 24.2 Å². The predicted octanol–water partition coefficient (Wildman–Crippen LogP) is 1.02. The number of hydrogen-bond acceptors (Lipinski definition) is 3. The lowest BCUT2D eigenvalue weighted by Gasteiger charge is -2.37. The van der Waals surface area contributed by atoms with Crippen molar-refractivity contribution < 1.29 is 0 Å². The van der Waals surface area contributed by atoms with Crippen LogP contribution in [-0.2, 0) is 13.1 Å². The lowest BCUT2D eigenvalue weighted by molar-refractivity contribution is 0.205. The Balaban J connectivity index is 1.77. The Morgan fingerprint density at radius 2 is 2.20 bits per heavy atom. The average molecular weight is 203 g/mol. The second-order valence-electron chi connectivity index (χ2n) is 4.61. The van der Waals surface area contributed by atoms with Crippen LogP contribution in [0.1, 0.15) is 11.1 Å². The van der Waals surface area contributed by atoms with Crippen LogP contribution < -0.4 is 10.6 Å². The van der Waals surface area contributed by atoms with Gasteiger partial charge in [-0.25, -0.2) is 0 Å². The maximum atomic E-state index is 3.63. The van der Waals surface area contributed by atoms with Crippen LogP contribution in [0.25, 0.3) is 0 Å². The molecule has 0 radical (unpaired) electrons. The van der Waals surface area contributed by atoms with E-state index in [2.05, 4.69) is 40.8 Å². The zero-order valence-corrected chi connectivity index (χ0v) is 9.09. The zero-order chi connectivity index (χ0) is 10.3. The quantitative estimate of drug-likeness (QED) is 0.751. The third-order valence-electron chi connectivity index (χ3n) is 3.31. The highest BCUT2D eigenvalue weighted by Gasteiger charge is 2.24. The first-order chi connectivity index (χ1) is 7.33. The molecular formula is C12H17N3. The smallest absolute Gasteiger partial charge is 0.0515 e. The lowest BCUT2D eigenvalue weighted by atomic mass is 10.1. The minimum absolute atomic E-state index is 0.641. The monoisotopic (exact) mass is 203 g/mol. The van der Waals surface area contributed by atoms with Crippen molar-refractivity contribution >= 4 is 5.69 Å². The molecule has 1 saturated heterocycles. The summed E-state index contributed by atoms with van der Waals surface area (Å²) in [5.41, 5.74) is 4.25. The molecule has 2 aliphatic heterocycles. The number of rotatable bonds is 2. The third-order valence-corrected chi connectivity index (χ3v) is 3.31. The fraction of sp³-hybridized carbons (Fsp3) is 0.500. The summed E-state index contributed by atoms with van der Waals surface area (Å²) in [6, 6.07) is 7.20. The van der Waals surface area contributed by atoms with E-state index >= 15 is 0 Å². The summed E-state index contributed by atoms with van der Waals surface area (Å²) in [5, 5.41) is 7.02. The molecule has 0 aliphatic carbocycles. The van der Waals surface area contributed by atoms with Crippen LogP contribution in [0.4, 0.5) is 5.69 Å². The molecule has 2 aliphatic rings. The third kappa shape index (κ3) is 1.62. The second-order valence-corrected chi connectivity index (χ2v) is 4.61. The number of likely N-dealkylation sites (N-methyl/N-ethyl adjacent to an activating group) is 1. The van der Waals surface area contributed by atoms with Gasteiger partial charge in [0.2, 0.25) is 0 Å². The van der Waals surface area contributed by atoms with Gasteiger partial charge in [0.05, 0.1) is 6.04 Å². The average Bonchev–Trinajstić information content (AvgIpc) is 2.64. The van der Waals surface area contributed by atoms with E-state index in [4.69, 9.17) is 0 Å². The molecule has 2 N–H and O–H groups in total. The normalized spacial score (nSPS) is 21.1. The van der Waals surface area contributed by atoms with Gasteiger partial charge in [-0.1, -0.05) is 12.1 Å². The molecule has 1 aromatic carbocycles. The van der Waals surface area contributed by atoms with E-state index in [1.54, 1.807) is 0 Å². The van der Waals surface area contributed by atoms with Crippen LogP contribution in [0.2, 0.25) is 0 Å². The van der Waals surface area contributed by atoms with Crippen LogP contribution in [0.3, 0.4) is 0 Å². The second kappa shape index (κ2) is 3.51. The van der Waals surface area contributed by atoms with Crippen LogP contribution in [0.5, 0.6) is 0 Å². The van der Waals surface area contributed by atoms with Gasteiger partial charge >= 0.3 is 0 Å². The fourth-order valence-electron chi connectivity index (χ4n) is 2.48. The minimum Gasteiger partial charge on any atom is -0.379 e. The van der Waals surface area contributed by atoms with E-state index in [0.717, 1.165) is 26.2 Å². The first-order valence-corrected chi connectivity index (χ1v) is 5.59. The molecule has 0 unspecified atom stereocenters. The predicted molar refractivity (Wildman–Crippen MR) is 61.9 cm³/mol. The molecule has 3 rings (SSSR count). The fourth-order valence-corrected chi connectivity index (χ4v) is 2.48. The van der Waals surface area contributed by atoms with Gasteiger partial charge in [-0.15, -0.1) is 0 Å². The maximum Gasteiger partial charge on any atom is 0.0515 e. The van der Waals surface area contributed by atoms with Gasteiger partial charge in [-0.2, -0.15) is 0 Å². The molecule has 0 aromatic heterocycles. The van der Waals surface area contributed by atoms with Crippen molar-refractivity contribution in [2.45, 2.75) is 19.1 Å². The highest BCUT2D eigenvalue weighted by molar-refractivity contribution is 5.57. The number of anilines is 1. The molecule has 2 heterocycles. The Morgan fingerprint density at radius 3 is 3.00 bits per heavy atom. The Bertz CT molecular complexity index is 369. The number of likely N-dealkylation sites (tertiary alicyclic amines) is 1. The molecule has 3 nitrogen and oxygen atoms in total. The van der Waals surface area contributed by atoms with Crippen molar-refractivity contribution in [3.63, 3.8) is 0 Å². The molecule has 1 fully saturated rings. The number of nitrogens with one attached hydrogen (secondary N) is 2. The number of nitrogens with zero attached hydrogens (tertiary/aromatic N) is 1. The number of fused-ring (bicyclic) bond motifs is 1. The van der Waals surface area contributed by atoms with Gasteiger partial charge in [0, 0.05) is 31.9 Å². The first-order valence-electron chi connectivity index (χ1n) is 5.59. The van der Waals surface area contributed by atoms with Crippen LogP contribution in [0.15, 0.2) is 18.2 Å². The van der Waals surface area contributed by atoms with E-state index < -0.39 is 0 Å². The Labute approximate surface area is 90.5 Å². The van der Waals surface area contributed by atoms with Gasteiger partial charge < -0.3 is 15.5 Å². The molecular weight excluding hydrogens is 186 g/mol. The van der Waals surface area contributed by atoms with Crippen molar-refractivity contribution in [2.75, 3.05) is 25.5 Å². The molecule has 15 heavy (non-hydrogen) atoms. The topological polar surface area (TPSA) is 27.3 Å².